The van der Waals surface area contributed by atoms with Crippen LogP contribution in [0, 0.1) is 0 Å². The molecule has 0 saturated heterocycles. The molecular weight excluding hydrogens is 275 g/mol. The first-order chi connectivity index (χ1) is 8.58. The van der Waals surface area contributed by atoms with Crippen molar-refractivity contribution in [2.75, 3.05) is 5.32 Å². The molecule has 0 aliphatic rings. The molecule has 1 amide bonds. The van der Waals surface area contributed by atoms with Crippen molar-refractivity contribution < 1.29 is 9.90 Å². The highest BCUT2D eigenvalue weighted by atomic mass is 35.5. The van der Waals surface area contributed by atoms with Gasteiger partial charge in [-0.3, -0.25) is 4.79 Å². The Bertz CT molecular complexity index is 602. The average Bonchev–Trinajstić information content (AvgIpc) is 2.32. The molecule has 92 valence electrons. The Morgan fingerprint density at radius 1 is 1.17 bits per heavy atom. The van der Waals surface area contributed by atoms with Gasteiger partial charge in [0.15, 0.2) is 0 Å². The fourth-order valence-electron chi connectivity index (χ4n) is 1.35. The van der Waals surface area contributed by atoms with Gasteiger partial charge in [-0.1, -0.05) is 35.3 Å². The van der Waals surface area contributed by atoms with E-state index in [1.54, 1.807) is 18.2 Å². The van der Waals surface area contributed by atoms with E-state index in [4.69, 9.17) is 23.2 Å². The van der Waals surface area contributed by atoms with Crippen LogP contribution in [-0.4, -0.2) is 16.0 Å². The van der Waals surface area contributed by atoms with Crippen LogP contribution in [0.4, 0.5) is 5.69 Å². The molecule has 1 aromatic carbocycles. The Kier molecular flexibility index (Phi) is 3.69. The minimum Gasteiger partial charge on any atom is -0.506 e. The number of carbonyl (C=O) groups is 1. The summed E-state index contributed by atoms with van der Waals surface area (Å²) in [6.07, 6.45) is 0. The molecule has 0 unspecified atom stereocenters. The van der Waals surface area contributed by atoms with Gasteiger partial charge in [-0.05, 0) is 24.3 Å². The van der Waals surface area contributed by atoms with Crippen LogP contribution >= 0.6 is 23.2 Å². The molecular formula is C12H8Cl2N2O2. The molecule has 0 radical (unpaired) electrons. The molecule has 4 nitrogen and oxygen atoms in total. The Morgan fingerprint density at radius 2 is 1.89 bits per heavy atom. The lowest BCUT2D eigenvalue weighted by Gasteiger charge is -2.07. The molecule has 0 saturated carbocycles. The highest BCUT2D eigenvalue weighted by Gasteiger charge is 2.13. The summed E-state index contributed by atoms with van der Waals surface area (Å²) < 4.78 is 0. The number of pyridine rings is 1. The van der Waals surface area contributed by atoms with Crippen molar-refractivity contribution in [1.82, 2.24) is 4.98 Å². The average molecular weight is 283 g/mol. The number of hydrogen-bond donors (Lipinski definition) is 2. The second-order valence-electron chi connectivity index (χ2n) is 3.44. The van der Waals surface area contributed by atoms with Gasteiger partial charge in [0.05, 0.1) is 11.3 Å². The zero-order valence-electron chi connectivity index (χ0n) is 9.02. The number of amides is 1. The highest BCUT2D eigenvalue weighted by molar-refractivity contribution is 6.35. The maximum absolute atomic E-state index is 11.9. The van der Waals surface area contributed by atoms with E-state index in [9.17, 15) is 9.90 Å². The van der Waals surface area contributed by atoms with E-state index in [0.717, 1.165) is 0 Å². The number of nitrogens with one attached hydrogen (secondary N) is 1. The number of nitrogens with zero attached hydrogens (tertiary/aromatic N) is 1. The van der Waals surface area contributed by atoms with Crippen LogP contribution in [-0.2, 0) is 0 Å². The Morgan fingerprint density at radius 3 is 2.56 bits per heavy atom. The van der Waals surface area contributed by atoms with E-state index >= 15 is 0 Å². The largest absolute Gasteiger partial charge is 0.506 e. The van der Waals surface area contributed by atoms with E-state index in [-0.39, 0.29) is 21.6 Å². The number of halogens is 2. The number of aromatic hydroxyl groups is 1. The monoisotopic (exact) mass is 282 g/mol. The Balaban J connectivity index is 2.25. The number of anilines is 1. The lowest BCUT2D eigenvalue weighted by Crippen LogP contribution is -2.13. The molecule has 0 aliphatic carbocycles. The molecule has 1 heterocycles. The van der Waals surface area contributed by atoms with Crippen LogP contribution in [0.3, 0.4) is 0 Å². The molecule has 2 aromatic rings. The summed E-state index contributed by atoms with van der Waals surface area (Å²) in [4.78, 5) is 15.7. The predicted octanol–water partition coefficient (Wildman–Crippen LogP) is 3.35. The second-order valence-corrected chi connectivity index (χ2v) is 4.19. The van der Waals surface area contributed by atoms with Gasteiger partial charge in [-0.15, -0.1) is 0 Å². The summed E-state index contributed by atoms with van der Waals surface area (Å²) >= 11 is 11.5. The second kappa shape index (κ2) is 5.25. The maximum Gasteiger partial charge on any atom is 0.258 e. The van der Waals surface area contributed by atoms with E-state index < -0.39 is 5.91 Å². The number of para-hydroxylation sites is 2. The minimum absolute atomic E-state index is 0.00965. The maximum atomic E-state index is 11.9. The summed E-state index contributed by atoms with van der Waals surface area (Å²) in [5.74, 6) is -0.491. The zero-order valence-corrected chi connectivity index (χ0v) is 10.5. The molecule has 0 atom stereocenters. The zero-order chi connectivity index (χ0) is 13.1. The summed E-state index contributed by atoms with van der Waals surface area (Å²) in [5.41, 5.74) is 0.484. The van der Waals surface area contributed by atoms with E-state index in [1.165, 1.54) is 18.2 Å². The number of phenols is 1. The van der Waals surface area contributed by atoms with Crippen molar-refractivity contribution in [3.63, 3.8) is 0 Å². The van der Waals surface area contributed by atoms with E-state index in [1.807, 2.05) is 0 Å². The van der Waals surface area contributed by atoms with Crippen molar-refractivity contribution in [3.05, 3.63) is 52.3 Å². The number of carbonyl (C=O) groups excluding carboxylic acids is 1. The molecule has 2 rings (SSSR count). The first-order valence-corrected chi connectivity index (χ1v) is 5.75. The van der Waals surface area contributed by atoms with Crippen LogP contribution < -0.4 is 5.32 Å². The van der Waals surface area contributed by atoms with Crippen LogP contribution in [0.5, 0.6) is 5.75 Å². The van der Waals surface area contributed by atoms with Crippen LogP contribution in [0.15, 0.2) is 36.4 Å². The van der Waals surface area contributed by atoms with Crippen molar-refractivity contribution in [1.29, 1.82) is 0 Å². The van der Waals surface area contributed by atoms with Gasteiger partial charge >= 0.3 is 0 Å². The van der Waals surface area contributed by atoms with Gasteiger partial charge in [0, 0.05) is 0 Å². The number of hydrogen-bond acceptors (Lipinski definition) is 3. The quantitative estimate of drug-likeness (QED) is 0.656. The Hall–Kier alpha value is -1.78. The first-order valence-electron chi connectivity index (χ1n) is 4.99. The standard InChI is InChI=1S/C12H8Cl2N2O2/c13-10-6-5-7(11(14)16-10)12(18)15-8-3-1-2-4-9(8)17/h1-6,17H,(H,15,18). The van der Waals surface area contributed by atoms with Gasteiger partial charge in [0.25, 0.3) is 5.91 Å². The minimum atomic E-state index is -0.467. The molecule has 0 aliphatic heterocycles. The summed E-state index contributed by atoms with van der Waals surface area (Å²) in [5, 5.41) is 12.3. The highest BCUT2D eigenvalue weighted by Crippen LogP contribution is 2.23. The topological polar surface area (TPSA) is 62.2 Å². The van der Waals surface area contributed by atoms with Crippen molar-refractivity contribution >= 4 is 34.8 Å². The third kappa shape index (κ3) is 2.72. The van der Waals surface area contributed by atoms with Gasteiger partial charge in [0.1, 0.15) is 16.1 Å². The third-order valence-corrected chi connectivity index (χ3v) is 2.71. The van der Waals surface area contributed by atoms with Crippen molar-refractivity contribution in [2.24, 2.45) is 0 Å². The van der Waals surface area contributed by atoms with Crippen LogP contribution in [0.25, 0.3) is 0 Å². The number of aromatic nitrogens is 1. The molecule has 0 spiro atoms. The summed E-state index contributed by atoms with van der Waals surface area (Å²) in [6.45, 7) is 0. The molecule has 6 heteroatoms. The van der Waals surface area contributed by atoms with Crippen LogP contribution in [0.2, 0.25) is 10.3 Å². The smallest absolute Gasteiger partial charge is 0.258 e. The molecule has 0 fully saturated rings. The number of phenolic OH excluding ortho intramolecular Hbond substituents is 1. The number of benzene rings is 1. The van der Waals surface area contributed by atoms with Gasteiger partial charge in [0.2, 0.25) is 0 Å². The van der Waals surface area contributed by atoms with E-state index in [0.29, 0.717) is 5.69 Å². The van der Waals surface area contributed by atoms with Crippen LogP contribution in [0.1, 0.15) is 10.4 Å². The van der Waals surface area contributed by atoms with E-state index in [2.05, 4.69) is 10.3 Å². The third-order valence-electron chi connectivity index (χ3n) is 2.21. The van der Waals surface area contributed by atoms with Gasteiger partial charge in [-0.2, -0.15) is 0 Å². The SMILES string of the molecule is O=C(Nc1ccccc1O)c1ccc(Cl)nc1Cl. The van der Waals surface area contributed by atoms with Crippen molar-refractivity contribution in [2.45, 2.75) is 0 Å². The molecule has 18 heavy (non-hydrogen) atoms. The Labute approximate surface area is 113 Å². The van der Waals surface area contributed by atoms with Gasteiger partial charge < -0.3 is 10.4 Å². The van der Waals surface area contributed by atoms with Gasteiger partial charge in [-0.25, -0.2) is 4.98 Å². The summed E-state index contributed by atoms with van der Waals surface area (Å²) in [7, 11) is 0. The molecule has 1 aromatic heterocycles. The normalized spacial score (nSPS) is 10.1. The lowest BCUT2D eigenvalue weighted by molar-refractivity contribution is 0.102. The lowest BCUT2D eigenvalue weighted by atomic mass is 10.2. The molecule has 2 N–H and O–H groups in total. The number of rotatable bonds is 2. The van der Waals surface area contributed by atoms with Crippen molar-refractivity contribution in [3.8, 4) is 5.75 Å². The predicted molar refractivity (Wildman–Crippen MR) is 70.3 cm³/mol. The molecule has 0 bridgehead atoms. The fourth-order valence-corrected chi connectivity index (χ4v) is 1.78. The summed E-state index contributed by atoms with van der Waals surface area (Å²) in [6, 6.07) is 9.32. The first kappa shape index (κ1) is 12.7. The fraction of sp³-hybridized carbons (Fsp3) is 0.